The molecule has 0 spiro atoms. The molecule has 4 saturated heterocycles. The van der Waals surface area contributed by atoms with E-state index in [4.69, 9.17) is 44.0 Å². The Bertz CT molecular complexity index is 4970. The zero-order chi connectivity index (χ0) is 88.2. The molecule has 6 aliphatic carbocycles. The molecule has 3 N–H and O–H groups in total. The number of carbonyl (C=O) groups excluding carboxylic acids is 4. The number of hydrogen-bond donors (Lipinski definition) is 2. The molecule has 684 valence electrons. The second-order valence-electron chi connectivity index (χ2n) is 32.3. The van der Waals surface area contributed by atoms with Crippen LogP contribution in [0.3, 0.4) is 0 Å². The number of nitrogens with two attached hydrogens (primary N) is 1. The molecule has 19 rings (SSSR count). The molecule has 0 radical (unpaired) electrons. The number of thioether (sulfide) groups is 2. The van der Waals surface area contributed by atoms with Crippen molar-refractivity contribution in [3.63, 3.8) is 0 Å². The number of rotatable bonds is 29. The molecule has 40 heteroatoms. The molecule has 13 heterocycles. The maximum Gasteiger partial charge on any atom is 0.330 e. The van der Waals surface area contributed by atoms with Crippen molar-refractivity contribution >= 4 is 179 Å². The number of fused-ring (bicyclic) bond motifs is 2. The van der Waals surface area contributed by atoms with Gasteiger partial charge in [-0.3, -0.25) is 33.6 Å². The molecule has 4 unspecified atom stereocenters. The van der Waals surface area contributed by atoms with Gasteiger partial charge in [-0.2, -0.15) is 15.3 Å². The van der Waals surface area contributed by atoms with Crippen molar-refractivity contribution in [1.82, 2.24) is 49.3 Å². The highest BCUT2D eigenvalue weighted by Crippen LogP contribution is 2.50. The molecular formula is C85H115Br2N13O17S8. The number of aliphatic hydroxyl groups is 1. The molecule has 6 saturated carbocycles. The normalized spacial score (nSPS) is 20.0. The second-order valence-corrected chi connectivity index (χ2v) is 46.1. The van der Waals surface area contributed by atoms with E-state index in [1.807, 2.05) is 54.0 Å². The average Bonchev–Trinajstić information content (AvgIpc) is 1.64. The molecular weight excluding hydrogens is 1890 g/mol. The van der Waals surface area contributed by atoms with Crippen LogP contribution in [-0.4, -0.2) is 235 Å². The van der Waals surface area contributed by atoms with Gasteiger partial charge >= 0.3 is 17.9 Å². The van der Waals surface area contributed by atoms with Crippen LogP contribution in [0.1, 0.15) is 183 Å². The number of halogens is 2. The summed E-state index contributed by atoms with van der Waals surface area (Å²) in [5, 5.41) is 28.6. The zero-order valence-corrected chi connectivity index (χ0v) is 80.8. The van der Waals surface area contributed by atoms with Gasteiger partial charge in [0.15, 0.2) is 40.6 Å². The molecule has 4 atom stereocenters. The molecule has 6 aliphatic heterocycles. The number of pyridine rings is 2. The third-order valence-electron chi connectivity index (χ3n) is 22.1. The number of alkyl halides is 1. The summed E-state index contributed by atoms with van der Waals surface area (Å²) >= 11 is 13.0. The van der Waals surface area contributed by atoms with Crippen molar-refractivity contribution in [2.75, 3.05) is 100 Å². The number of nitrogen functional groups attached to an aromatic ring is 1. The van der Waals surface area contributed by atoms with Crippen LogP contribution in [0.4, 0.5) is 5.13 Å². The van der Waals surface area contributed by atoms with Crippen molar-refractivity contribution in [2.45, 2.75) is 237 Å². The summed E-state index contributed by atoms with van der Waals surface area (Å²) in [4.78, 5) is 75.5. The number of allylic oxidation sites excluding steroid dienone is 1. The number of esters is 3. The Morgan fingerprint density at radius 1 is 0.512 bits per heavy atom. The first-order valence-electron chi connectivity index (χ1n) is 43.1. The lowest BCUT2D eigenvalue weighted by Crippen LogP contribution is -2.27. The summed E-state index contributed by atoms with van der Waals surface area (Å²) < 4.78 is 96.6. The van der Waals surface area contributed by atoms with Gasteiger partial charge in [-0.05, 0) is 242 Å². The predicted molar refractivity (Wildman–Crippen MR) is 499 cm³/mol. The number of nitrogens with zero attached hydrogens (tertiary/aromatic N) is 12. The van der Waals surface area contributed by atoms with Crippen LogP contribution >= 0.6 is 99.6 Å². The molecule has 10 fully saturated rings. The first-order chi connectivity index (χ1) is 60.5. The van der Waals surface area contributed by atoms with E-state index in [1.165, 1.54) is 117 Å². The molecule has 0 bridgehead atoms. The fourth-order valence-electron chi connectivity index (χ4n) is 13.9. The van der Waals surface area contributed by atoms with Crippen LogP contribution in [0, 0.1) is 23.7 Å². The Kier molecular flexibility index (Phi) is 38.9. The monoisotopic (exact) mass is 2000 g/mol. The molecule has 12 aliphatic rings. The molecule has 0 aromatic carbocycles. The lowest BCUT2D eigenvalue weighted by atomic mass is 9.90. The van der Waals surface area contributed by atoms with Crippen LogP contribution in [-0.2, 0) is 85.0 Å². The fourth-order valence-corrected chi connectivity index (χ4v) is 24.8. The molecule has 125 heavy (non-hydrogen) atoms. The highest BCUT2D eigenvalue weighted by Gasteiger charge is 2.42. The van der Waals surface area contributed by atoms with Crippen molar-refractivity contribution in [3.05, 3.63) is 96.1 Å². The number of aliphatic imine (C=N–C) groups is 2. The van der Waals surface area contributed by atoms with Gasteiger partial charge in [-0.15, -0.1) is 23.5 Å². The first kappa shape index (κ1) is 98.3. The van der Waals surface area contributed by atoms with E-state index >= 15 is 0 Å². The van der Waals surface area contributed by atoms with E-state index < -0.39 is 37.7 Å². The smallest absolute Gasteiger partial charge is 0.330 e. The van der Waals surface area contributed by atoms with Gasteiger partial charge in [0.05, 0.1) is 75.8 Å². The van der Waals surface area contributed by atoms with Crippen LogP contribution in [0.25, 0.3) is 20.7 Å². The average molecular weight is 2010 g/mol. The summed E-state index contributed by atoms with van der Waals surface area (Å²) in [6.07, 6.45) is 38.0. The first-order valence-corrected chi connectivity index (χ1v) is 53.5. The third-order valence-corrected chi connectivity index (χ3v) is 35.5. The van der Waals surface area contributed by atoms with E-state index in [1.54, 1.807) is 47.1 Å². The Balaban J connectivity index is 0.000000137. The minimum atomic E-state index is -3.41. The number of methoxy groups -OCH3 is 4. The molecule has 0 amide bonds. The number of ether oxygens (including phenoxy) is 8. The minimum Gasteiger partial charge on any atom is -0.481 e. The van der Waals surface area contributed by atoms with Gasteiger partial charge in [-0.1, -0.05) is 72.3 Å². The van der Waals surface area contributed by atoms with Crippen LogP contribution in [0.2, 0.25) is 0 Å². The van der Waals surface area contributed by atoms with Crippen molar-refractivity contribution in [1.29, 1.82) is 0 Å². The van der Waals surface area contributed by atoms with Gasteiger partial charge in [-0.25, -0.2) is 46.4 Å². The Morgan fingerprint density at radius 2 is 0.960 bits per heavy atom. The summed E-state index contributed by atoms with van der Waals surface area (Å²) in [6, 6.07) is 10.7. The zero-order valence-electron chi connectivity index (χ0n) is 71.1. The third kappa shape index (κ3) is 32.4. The van der Waals surface area contributed by atoms with Crippen molar-refractivity contribution in [2.24, 2.45) is 33.7 Å². The highest BCUT2D eigenvalue weighted by atomic mass is 79.9. The van der Waals surface area contributed by atoms with Crippen LogP contribution < -0.4 is 10.5 Å². The highest BCUT2D eigenvalue weighted by molar-refractivity contribution is 9.18. The summed E-state index contributed by atoms with van der Waals surface area (Å²) in [6.45, 7) is 7.69. The van der Waals surface area contributed by atoms with Gasteiger partial charge in [0.1, 0.15) is 58.3 Å². The van der Waals surface area contributed by atoms with Gasteiger partial charge in [0.2, 0.25) is 5.88 Å². The lowest BCUT2D eigenvalue weighted by Gasteiger charge is -2.26. The fraction of sp³-hybridized carbons (Fsp3) is 0.635. The number of sulfone groups is 2. The number of thiazole rings is 2. The van der Waals surface area contributed by atoms with Crippen molar-refractivity contribution in [3.8, 4) is 5.88 Å². The van der Waals surface area contributed by atoms with E-state index in [0.717, 1.165) is 155 Å². The summed E-state index contributed by atoms with van der Waals surface area (Å²) in [7, 11) is 3.26. The Hall–Kier alpha value is -5.73. The van der Waals surface area contributed by atoms with Gasteiger partial charge in [0, 0.05) is 98.5 Å². The van der Waals surface area contributed by atoms with Crippen LogP contribution in [0.5, 0.6) is 5.88 Å². The molecule has 7 aromatic heterocycles. The van der Waals surface area contributed by atoms with E-state index in [-0.39, 0.29) is 62.2 Å². The number of carbonyl (C=O) groups is 4. The number of anilines is 1. The lowest BCUT2D eigenvalue weighted by molar-refractivity contribution is -0.146. The number of hydrogen-bond acceptors (Lipinski definition) is 33. The second kappa shape index (κ2) is 49.5. The van der Waals surface area contributed by atoms with Gasteiger partial charge < -0.3 is 48.7 Å². The summed E-state index contributed by atoms with van der Waals surface area (Å²) in [5.74, 6) is 1.47. The van der Waals surface area contributed by atoms with E-state index in [2.05, 4.69) is 116 Å². The largest absolute Gasteiger partial charge is 0.481 e. The van der Waals surface area contributed by atoms with Gasteiger partial charge in [0.25, 0.3) is 0 Å². The number of ketones is 1. The number of aromatic nitrogens is 10. The van der Waals surface area contributed by atoms with Crippen molar-refractivity contribution < 1.29 is 79.0 Å². The molecule has 7 aromatic rings. The maximum absolute atomic E-state index is 13.5. The Labute approximate surface area is 772 Å². The summed E-state index contributed by atoms with van der Waals surface area (Å²) in [5.41, 5.74) is 7.64. The Morgan fingerprint density at radius 3 is 1.41 bits per heavy atom. The number of Topliss-reactive ketones (excluding diaryl/α,β-unsaturated/α-hetero) is 1. The van der Waals surface area contributed by atoms with E-state index in [0.29, 0.717) is 110 Å². The maximum atomic E-state index is 13.5. The molecule has 30 nitrogen and oxygen atoms in total. The number of aliphatic hydroxyl groups excluding tert-OH is 1. The standard InChI is InChI=1S/C22H26N4O5S2.C15H22N2O5S.C15H22N2O3S.C9H15BrO3.C7H7N3OS.C7H9NS.C6H10S2.C4H4BrN/c1-30-19-5-4-16-22(24-19)32-20(23-16)13-18(27)17(12-14-7-10-31-11-8-14)26-9-6-21(25-26)33(28,29)15-2-3-15;1-21-15(18)13(10-11-5-8-22-9-6-11)17-7-4-14(16-17)23(19,20)12-2-3-12;1-19-15(18)13(10-11-5-8-20-9-6-11)17-7-4-14(16-17)21-12-2-3-12;1-12-9(11)8(10)6-7-2-4-13-5-3-7;8-7-10-5-2-1-4(3-11)9-6(5)12-7;1-2-7(8-5-1)9-6-3-4-6;1-2-5(1)7-8-6-3-4-6;5-4-2-1-3-6-4/h4-6,9,14-15,17H,2-3,7-8,10-13H2,1H3;4,7,11-13H,2-3,5-6,8-10H2,1H3;4,7,11-13H,2-3,5-6,8-10H2,1H3;7-8H,2-6H2,1H3;1-2,11H,3H2,(H2,8,10);1-2,6H,3-5H2;5-6H,1-4H2;1-2H,3H2. The predicted octanol–water partition coefficient (Wildman–Crippen LogP) is 15.4. The topological polar surface area (TPSA) is 386 Å². The van der Waals surface area contributed by atoms with E-state index in [9.17, 15) is 36.0 Å². The minimum absolute atomic E-state index is 0.0361. The SMILES string of the molecule is BrC1=NCC=C1.C1=CC(SC2CC2)=NC1.C1CC1SSC1CC1.COC(=O)C(Br)CC1CCOCC1.COC(=O)C(CC1CCOCC1)n1ccc(S(=O)(=O)C2CC2)n1.COC(=O)C(CC1CCOCC1)n1ccc(SC2CC2)n1.COc1ccc2nc(CC(=O)C(CC3CCOCC3)n3ccc(S(=O)(=O)C4CC4)n3)sc2n1.Nc1nc2ccc(CO)nc2s1. The quantitative estimate of drug-likeness (QED) is 0.0190. The van der Waals surface area contributed by atoms with Crippen LogP contribution in [0.15, 0.2) is 110 Å².